The number of aliphatic hydroxyl groups excluding tert-OH is 2. The third-order valence-electron chi connectivity index (χ3n) is 13.9. The first-order valence-corrected chi connectivity index (χ1v) is 20.1. The standard InChI is InChI=1S/C40H58O12/c1-19-11-24-5-7-28-20(2)12-26(45-28)9-10-40-17-33-36(51-40)37-38(50-33)39(52-40)35-29(49-37)8-6-25(47-35)13-22(42)14-27-31(16-30(46-24)21(19)3)48-32(34(27)44-4)15-23(43)18-41/h19,23-39,41,43H,2-3,5-18H2,1,4H3/t19-,23+,24+,25?,26+,27+,28?,29+,30?,31+,32-,33+,34-,35?,36-,37?,38-,39+,40+/m1/s1. The molecule has 52 heavy (non-hydrogen) atoms. The van der Waals surface area contributed by atoms with E-state index < -0.39 is 24.1 Å². The molecule has 10 rings (SSSR count). The number of ketones is 1. The Labute approximate surface area is 306 Å². The van der Waals surface area contributed by atoms with Crippen LogP contribution in [0.4, 0.5) is 0 Å². The Morgan fingerprint density at radius 3 is 2.37 bits per heavy atom. The van der Waals surface area contributed by atoms with Crippen molar-refractivity contribution >= 4 is 5.78 Å². The fourth-order valence-corrected chi connectivity index (χ4v) is 11.3. The maximum Gasteiger partial charge on any atom is 0.172 e. The molecule has 0 aromatic rings. The number of carbonyl (C=O) groups is 1. The van der Waals surface area contributed by atoms with E-state index in [4.69, 9.17) is 42.6 Å². The van der Waals surface area contributed by atoms with E-state index in [2.05, 4.69) is 20.1 Å². The van der Waals surface area contributed by atoms with Crippen molar-refractivity contribution in [1.82, 2.24) is 0 Å². The summed E-state index contributed by atoms with van der Waals surface area (Å²) in [6.07, 6.45) is 4.01. The van der Waals surface area contributed by atoms with Gasteiger partial charge in [0, 0.05) is 51.6 Å². The minimum atomic E-state index is -0.951. The van der Waals surface area contributed by atoms with Crippen molar-refractivity contribution in [2.24, 2.45) is 11.8 Å². The molecule has 0 saturated carbocycles. The van der Waals surface area contributed by atoms with Crippen LogP contribution in [0.3, 0.4) is 0 Å². The summed E-state index contributed by atoms with van der Waals surface area (Å²) < 4.78 is 59.8. The topological polar surface area (TPSA) is 141 Å². The largest absolute Gasteiger partial charge is 0.394 e. The Morgan fingerprint density at radius 1 is 0.788 bits per heavy atom. The first kappa shape index (κ1) is 36.4. The minimum absolute atomic E-state index is 0.0260. The maximum atomic E-state index is 14.0. The first-order chi connectivity index (χ1) is 25.1. The molecule has 1 spiro atoms. The van der Waals surface area contributed by atoms with Gasteiger partial charge in [-0.1, -0.05) is 20.1 Å². The van der Waals surface area contributed by atoms with Gasteiger partial charge in [0.15, 0.2) is 5.79 Å². The zero-order valence-corrected chi connectivity index (χ0v) is 30.7. The average Bonchev–Trinajstić information content (AvgIpc) is 3.79. The van der Waals surface area contributed by atoms with Crippen LogP contribution in [-0.2, 0) is 47.4 Å². The molecular weight excluding hydrogens is 672 g/mol. The molecule has 19 atom stereocenters. The second kappa shape index (κ2) is 14.3. The lowest BCUT2D eigenvalue weighted by Crippen LogP contribution is -2.61. The predicted molar refractivity (Wildman–Crippen MR) is 184 cm³/mol. The Kier molecular flexibility index (Phi) is 10.0. The van der Waals surface area contributed by atoms with Crippen molar-refractivity contribution in [1.29, 1.82) is 0 Å². The van der Waals surface area contributed by atoms with E-state index in [0.717, 1.165) is 49.7 Å². The van der Waals surface area contributed by atoms with Crippen LogP contribution in [0.2, 0.25) is 0 Å². The van der Waals surface area contributed by atoms with Crippen molar-refractivity contribution in [3.63, 3.8) is 0 Å². The molecule has 10 aliphatic rings. The molecule has 0 aromatic heterocycles. The second-order valence-electron chi connectivity index (χ2n) is 17.4. The number of methoxy groups -OCH3 is 1. The summed E-state index contributed by atoms with van der Waals surface area (Å²) in [5.74, 6) is -0.709. The van der Waals surface area contributed by atoms with Crippen LogP contribution in [0.1, 0.15) is 90.4 Å². The highest BCUT2D eigenvalue weighted by molar-refractivity contribution is 5.79. The van der Waals surface area contributed by atoms with Gasteiger partial charge in [-0.25, -0.2) is 0 Å². The molecule has 12 heteroatoms. The molecule has 10 heterocycles. The van der Waals surface area contributed by atoms with E-state index in [0.29, 0.717) is 25.7 Å². The van der Waals surface area contributed by atoms with Gasteiger partial charge in [0.1, 0.15) is 36.3 Å². The van der Waals surface area contributed by atoms with Gasteiger partial charge in [-0.15, -0.1) is 0 Å². The molecule has 0 aliphatic carbocycles. The summed E-state index contributed by atoms with van der Waals surface area (Å²) in [7, 11) is 1.63. The van der Waals surface area contributed by atoms with Crippen LogP contribution in [0, 0.1) is 11.8 Å². The van der Waals surface area contributed by atoms with Crippen LogP contribution in [0.15, 0.2) is 24.3 Å². The zero-order valence-electron chi connectivity index (χ0n) is 30.7. The quantitative estimate of drug-likeness (QED) is 0.410. The number of aliphatic hydroxyl groups is 2. The lowest BCUT2D eigenvalue weighted by atomic mass is 9.81. The molecule has 0 radical (unpaired) electrons. The highest BCUT2D eigenvalue weighted by Crippen LogP contribution is 2.54. The van der Waals surface area contributed by atoms with Crippen LogP contribution in [0.25, 0.3) is 0 Å². The Morgan fingerprint density at radius 2 is 1.54 bits per heavy atom. The Hall–Kier alpha value is -1.29. The summed E-state index contributed by atoms with van der Waals surface area (Å²) in [4.78, 5) is 14.0. The molecule has 10 aliphatic heterocycles. The molecule has 12 nitrogen and oxygen atoms in total. The van der Waals surface area contributed by atoms with Crippen molar-refractivity contribution in [3.05, 3.63) is 24.3 Å². The molecule has 290 valence electrons. The molecule has 12 bridgehead atoms. The molecule has 2 N–H and O–H groups in total. The van der Waals surface area contributed by atoms with Gasteiger partial charge in [-0.3, -0.25) is 4.79 Å². The fraction of sp³-hybridized carbons (Fsp3) is 0.875. The van der Waals surface area contributed by atoms with Crippen molar-refractivity contribution in [3.8, 4) is 0 Å². The number of rotatable bonds is 4. The number of ether oxygens (including phenoxy) is 9. The smallest absolute Gasteiger partial charge is 0.172 e. The highest BCUT2D eigenvalue weighted by atomic mass is 16.8. The van der Waals surface area contributed by atoms with E-state index in [-0.39, 0.29) is 123 Å². The Bertz CT molecular complexity index is 1370. The fourth-order valence-electron chi connectivity index (χ4n) is 11.3. The summed E-state index contributed by atoms with van der Waals surface area (Å²) >= 11 is 0. The second-order valence-corrected chi connectivity index (χ2v) is 17.4. The zero-order chi connectivity index (χ0) is 35.9. The number of carbonyl (C=O) groups excluding carboxylic acids is 1. The number of hydrogen-bond donors (Lipinski definition) is 2. The van der Waals surface area contributed by atoms with Crippen molar-refractivity contribution in [2.45, 2.75) is 194 Å². The van der Waals surface area contributed by atoms with Gasteiger partial charge < -0.3 is 52.8 Å². The van der Waals surface area contributed by atoms with Crippen LogP contribution >= 0.6 is 0 Å². The molecule has 0 amide bonds. The SMILES string of the molecule is C=C1C[C@@H]2CC[C@@]34C[C@@H]5O[C@@H]6C(O[C@H]7CCC(CC(=O)C[C@@H]8[C@@H](OC)[C@@H](C[C@H](O)CO)O[C@H]8CC8O[C@@H](CCC1O2)C[C@@H](C)C8=C)OC7[C@@H]6O3)[C@@H]5O4. The third-order valence-corrected chi connectivity index (χ3v) is 13.9. The van der Waals surface area contributed by atoms with Gasteiger partial charge in [0.05, 0.1) is 73.8 Å². The summed E-state index contributed by atoms with van der Waals surface area (Å²) in [5, 5.41) is 20.1. The van der Waals surface area contributed by atoms with Crippen LogP contribution in [0.5, 0.6) is 0 Å². The molecule has 5 unspecified atom stereocenters. The number of hydrogen-bond acceptors (Lipinski definition) is 12. The van der Waals surface area contributed by atoms with Crippen LogP contribution in [-0.4, -0.2) is 133 Å². The van der Waals surface area contributed by atoms with E-state index in [1.54, 1.807) is 7.11 Å². The van der Waals surface area contributed by atoms with Gasteiger partial charge >= 0.3 is 0 Å². The van der Waals surface area contributed by atoms with E-state index >= 15 is 0 Å². The minimum Gasteiger partial charge on any atom is -0.394 e. The van der Waals surface area contributed by atoms with Crippen molar-refractivity contribution < 1.29 is 57.6 Å². The van der Waals surface area contributed by atoms with Gasteiger partial charge in [-0.2, -0.15) is 0 Å². The predicted octanol–water partition coefficient (Wildman–Crippen LogP) is 3.47. The summed E-state index contributed by atoms with van der Waals surface area (Å²) in [5.41, 5.74) is 2.17. The number of fused-ring (bicyclic) bond motifs is 6. The van der Waals surface area contributed by atoms with E-state index in [1.165, 1.54) is 0 Å². The van der Waals surface area contributed by atoms with E-state index in [1.807, 2.05) is 0 Å². The van der Waals surface area contributed by atoms with Gasteiger partial charge in [-0.05, 0) is 62.0 Å². The molecular formula is C40H58O12. The number of Topliss-reactive ketones (excluding diaryl/α,β-unsaturated/α-hetero) is 1. The highest BCUT2D eigenvalue weighted by Gasteiger charge is 2.68. The monoisotopic (exact) mass is 730 g/mol. The van der Waals surface area contributed by atoms with Crippen LogP contribution < -0.4 is 0 Å². The lowest BCUT2D eigenvalue weighted by molar-refractivity contribution is -0.292. The Balaban J connectivity index is 0.994. The first-order valence-electron chi connectivity index (χ1n) is 20.1. The van der Waals surface area contributed by atoms with Crippen molar-refractivity contribution in [2.75, 3.05) is 13.7 Å². The molecule has 0 aromatic carbocycles. The third kappa shape index (κ3) is 6.59. The van der Waals surface area contributed by atoms with E-state index in [9.17, 15) is 15.0 Å². The summed E-state index contributed by atoms with van der Waals surface area (Å²) in [6, 6.07) is 0. The van der Waals surface area contributed by atoms with Gasteiger partial charge in [0.25, 0.3) is 0 Å². The molecule has 10 fully saturated rings. The average molecular weight is 731 g/mol. The lowest BCUT2D eigenvalue weighted by Gasteiger charge is -2.47. The summed E-state index contributed by atoms with van der Waals surface area (Å²) in [6.45, 7) is 10.7. The maximum absolute atomic E-state index is 14.0. The molecule has 10 saturated heterocycles. The van der Waals surface area contributed by atoms with Gasteiger partial charge in [0.2, 0.25) is 0 Å². The normalized spacial score (nSPS) is 52.4.